The van der Waals surface area contributed by atoms with Gasteiger partial charge in [0, 0.05) is 11.6 Å². The van der Waals surface area contributed by atoms with E-state index in [9.17, 15) is 18.4 Å². The number of halogens is 2. The van der Waals surface area contributed by atoms with Crippen LogP contribution in [0, 0.1) is 11.6 Å². The number of rotatable bonds is 6. The summed E-state index contributed by atoms with van der Waals surface area (Å²) >= 11 is 0. The third-order valence-electron chi connectivity index (χ3n) is 4.61. The number of nitrogens with one attached hydrogen (secondary N) is 1. The van der Waals surface area contributed by atoms with Crippen molar-refractivity contribution in [2.75, 3.05) is 6.61 Å². The zero-order valence-corrected chi connectivity index (χ0v) is 14.3. The van der Waals surface area contributed by atoms with E-state index in [0.717, 1.165) is 17.7 Å². The number of hydrogen-bond donors (Lipinski definition) is 1. The van der Waals surface area contributed by atoms with Gasteiger partial charge in [0.2, 0.25) is 0 Å². The fraction of sp³-hybridized carbons (Fsp3) is 0.300. The van der Waals surface area contributed by atoms with Gasteiger partial charge in [-0.2, -0.15) is 0 Å². The molecule has 1 unspecified atom stereocenters. The Hall–Kier alpha value is -2.76. The van der Waals surface area contributed by atoms with Crippen molar-refractivity contribution in [3.05, 3.63) is 71.3 Å². The summed E-state index contributed by atoms with van der Waals surface area (Å²) < 4.78 is 31.9. The number of hydrogen-bond acceptors (Lipinski definition) is 3. The van der Waals surface area contributed by atoms with Crippen LogP contribution < -0.4 is 5.32 Å². The molecule has 2 aromatic rings. The van der Waals surface area contributed by atoms with E-state index in [-0.39, 0.29) is 5.56 Å². The standard InChI is InChI=1S/C20H19F2NO3/c1-13(16-8-7-15(21)11-17(16)22)23-18(24)12-26-19(25)20(9-10-20)14-5-3-2-4-6-14/h2-8,11,13H,9-10,12H2,1H3,(H,23,24). The highest BCUT2D eigenvalue weighted by atomic mass is 19.1. The molecular weight excluding hydrogens is 340 g/mol. The number of carbonyl (C=O) groups excluding carboxylic acids is 2. The zero-order valence-electron chi connectivity index (χ0n) is 14.3. The lowest BCUT2D eigenvalue weighted by Crippen LogP contribution is -2.33. The molecule has 1 saturated carbocycles. The molecule has 4 nitrogen and oxygen atoms in total. The molecule has 1 aliphatic rings. The predicted octanol–water partition coefficient (Wildman–Crippen LogP) is 3.42. The summed E-state index contributed by atoms with van der Waals surface area (Å²) in [5.74, 6) is -2.40. The highest BCUT2D eigenvalue weighted by molar-refractivity contribution is 5.89. The van der Waals surface area contributed by atoms with E-state index in [1.165, 1.54) is 6.07 Å². The predicted molar refractivity (Wildman–Crippen MR) is 91.2 cm³/mol. The maximum atomic E-state index is 13.7. The average Bonchev–Trinajstić information content (AvgIpc) is 3.42. The molecule has 2 aromatic carbocycles. The summed E-state index contributed by atoms with van der Waals surface area (Å²) in [5.41, 5.74) is 0.386. The van der Waals surface area contributed by atoms with Gasteiger partial charge in [-0.05, 0) is 31.4 Å². The van der Waals surface area contributed by atoms with Crippen molar-refractivity contribution in [3.63, 3.8) is 0 Å². The lowest BCUT2D eigenvalue weighted by atomic mass is 9.96. The zero-order chi connectivity index (χ0) is 18.7. The van der Waals surface area contributed by atoms with Crippen LogP contribution in [-0.4, -0.2) is 18.5 Å². The molecule has 0 bridgehead atoms. The van der Waals surface area contributed by atoms with Crippen LogP contribution in [0.5, 0.6) is 0 Å². The van der Waals surface area contributed by atoms with Crippen molar-refractivity contribution in [2.24, 2.45) is 0 Å². The molecule has 1 aliphatic carbocycles. The first-order chi connectivity index (χ1) is 12.4. The Labute approximate surface area is 150 Å². The SMILES string of the molecule is CC(NC(=O)COC(=O)C1(c2ccccc2)CC1)c1ccc(F)cc1F. The van der Waals surface area contributed by atoms with Gasteiger partial charge in [-0.1, -0.05) is 36.4 Å². The second-order valence-electron chi connectivity index (χ2n) is 6.48. The van der Waals surface area contributed by atoms with Gasteiger partial charge in [0.1, 0.15) is 11.6 Å². The van der Waals surface area contributed by atoms with Crippen LogP contribution in [0.15, 0.2) is 48.5 Å². The third-order valence-corrected chi connectivity index (χ3v) is 4.61. The molecule has 1 atom stereocenters. The molecule has 6 heteroatoms. The molecule has 0 heterocycles. The van der Waals surface area contributed by atoms with E-state index in [1.54, 1.807) is 6.92 Å². The highest BCUT2D eigenvalue weighted by Crippen LogP contribution is 2.49. The molecule has 1 amide bonds. The molecule has 136 valence electrons. The number of benzene rings is 2. The minimum Gasteiger partial charge on any atom is -0.455 e. The number of carbonyl (C=O) groups is 2. The minimum atomic E-state index is -0.740. The van der Waals surface area contributed by atoms with E-state index < -0.39 is 41.6 Å². The largest absolute Gasteiger partial charge is 0.455 e. The molecule has 0 aliphatic heterocycles. The van der Waals surface area contributed by atoms with E-state index in [0.29, 0.717) is 12.8 Å². The molecule has 26 heavy (non-hydrogen) atoms. The van der Waals surface area contributed by atoms with Crippen molar-refractivity contribution < 1.29 is 23.1 Å². The van der Waals surface area contributed by atoms with Crippen molar-refractivity contribution >= 4 is 11.9 Å². The first-order valence-electron chi connectivity index (χ1n) is 8.39. The van der Waals surface area contributed by atoms with E-state index in [2.05, 4.69) is 5.32 Å². The smallest absolute Gasteiger partial charge is 0.317 e. The molecular formula is C20H19F2NO3. The van der Waals surface area contributed by atoms with Crippen LogP contribution in [0.2, 0.25) is 0 Å². The van der Waals surface area contributed by atoms with Crippen LogP contribution in [0.4, 0.5) is 8.78 Å². The Morgan fingerprint density at radius 2 is 1.85 bits per heavy atom. The molecule has 0 radical (unpaired) electrons. The number of ether oxygens (including phenoxy) is 1. The van der Waals surface area contributed by atoms with Gasteiger partial charge in [0.05, 0.1) is 11.5 Å². The molecule has 0 aromatic heterocycles. The third kappa shape index (κ3) is 3.74. The quantitative estimate of drug-likeness (QED) is 0.804. The van der Waals surface area contributed by atoms with Gasteiger partial charge in [-0.3, -0.25) is 9.59 Å². The van der Waals surface area contributed by atoms with Gasteiger partial charge in [-0.15, -0.1) is 0 Å². The summed E-state index contributed by atoms with van der Waals surface area (Å²) in [6.07, 6.45) is 1.38. The van der Waals surface area contributed by atoms with Crippen molar-refractivity contribution in [1.29, 1.82) is 0 Å². The van der Waals surface area contributed by atoms with Crippen molar-refractivity contribution in [3.8, 4) is 0 Å². The molecule has 1 N–H and O–H groups in total. The Balaban J connectivity index is 1.55. The van der Waals surface area contributed by atoms with E-state index in [1.807, 2.05) is 30.3 Å². The summed E-state index contributed by atoms with van der Waals surface area (Å²) in [7, 11) is 0. The lowest BCUT2D eigenvalue weighted by Gasteiger charge is -2.17. The van der Waals surface area contributed by atoms with Gasteiger partial charge in [-0.25, -0.2) is 8.78 Å². The Morgan fingerprint density at radius 1 is 1.15 bits per heavy atom. The van der Waals surface area contributed by atoms with Crippen LogP contribution in [0.3, 0.4) is 0 Å². The number of esters is 1. The normalized spacial score (nSPS) is 15.8. The summed E-state index contributed by atoms with van der Waals surface area (Å²) in [6.45, 7) is 1.13. The summed E-state index contributed by atoms with van der Waals surface area (Å²) in [4.78, 5) is 24.4. The highest BCUT2D eigenvalue weighted by Gasteiger charge is 2.52. The van der Waals surface area contributed by atoms with Gasteiger partial charge < -0.3 is 10.1 Å². The molecule has 1 fully saturated rings. The maximum Gasteiger partial charge on any atom is 0.317 e. The van der Waals surface area contributed by atoms with Crippen LogP contribution in [0.25, 0.3) is 0 Å². The first kappa shape index (κ1) is 18.0. The van der Waals surface area contributed by atoms with E-state index in [4.69, 9.17) is 4.74 Å². The van der Waals surface area contributed by atoms with Crippen LogP contribution in [0.1, 0.15) is 36.9 Å². The Bertz CT molecular complexity index is 819. The fourth-order valence-electron chi connectivity index (χ4n) is 2.98. The Kier molecular flexibility index (Phi) is 5.02. The van der Waals surface area contributed by atoms with Crippen molar-refractivity contribution in [2.45, 2.75) is 31.2 Å². The second kappa shape index (κ2) is 7.23. The molecule has 0 saturated heterocycles. The fourth-order valence-corrected chi connectivity index (χ4v) is 2.98. The molecule has 0 spiro atoms. The van der Waals surface area contributed by atoms with Crippen molar-refractivity contribution in [1.82, 2.24) is 5.32 Å². The van der Waals surface area contributed by atoms with Gasteiger partial charge in [0.15, 0.2) is 6.61 Å². The average molecular weight is 359 g/mol. The first-order valence-corrected chi connectivity index (χ1v) is 8.39. The van der Waals surface area contributed by atoms with Crippen LogP contribution in [-0.2, 0) is 19.7 Å². The molecule has 3 rings (SSSR count). The minimum absolute atomic E-state index is 0.161. The Morgan fingerprint density at radius 3 is 2.46 bits per heavy atom. The van der Waals surface area contributed by atoms with E-state index >= 15 is 0 Å². The topological polar surface area (TPSA) is 55.4 Å². The van der Waals surface area contributed by atoms with Gasteiger partial charge >= 0.3 is 5.97 Å². The lowest BCUT2D eigenvalue weighted by molar-refractivity contribution is -0.151. The van der Waals surface area contributed by atoms with Gasteiger partial charge in [0.25, 0.3) is 5.91 Å². The summed E-state index contributed by atoms with van der Waals surface area (Å²) in [5, 5.41) is 2.54. The number of amides is 1. The van der Waals surface area contributed by atoms with Crippen LogP contribution >= 0.6 is 0 Å². The maximum absolute atomic E-state index is 13.7. The summed E-state index contributed by atoms with van der Waals surface area (Å²) in [6, 6.07) is 11.8. The second-order valence-corrected chi connectivity index (χ2v) is 6.48. The monoisotopic (exact) mass is 359 g/mol.